The Morgan fingerprint density at radius 3 is 2.44 bits per heavy atom. The molecule has 32 heavy (non-hydrogen) atoms. The lowest BCUT2D eigenvalue weighted by Crippen LogP contribution is -2.23. The average molecular weight is 433 g/mol. The lowest BCUT2D eigenvalue weighted by molar-refractivity contribution is -0.121. The van der Waals surface area contributed by atoms with Crippen LogP contribution in [0.4, 0.5) is 5.69 Å². The van der Waals surface area contributed by atoms with Gasteiger partial charge in [-0.1, -0.05) is 55.4 Å². The van der Waals surface area contributed by atoms with Gasteiger partial charge < -0.3 is 15.2 Å². The Balaban J connectivity index is 1.21. The highest BCUT2D eigenvalue weighted by molar-refractivity contribution is 5.94. The van der Waals surface area contributed by atoms with Crippen LogP contribution in [-0.2, 0) is 22.6 Å². The largest absolute Gasteiger partial charge is 0.352 e. The molecule has 2 amide bonds. The molecule has 1 saturated carbocycles. The Morgan fingerprint density at radius 2 is 1.78 bits per heavy atom. The molecule has 0 unspecified atom stereocenters. The van der Waals surface area contributed by atoms with Crippen LogP contribution in [0.1, 0.15) is 56.0 Å². The zero-order valence-electron chi connectivity index (χ0n) is 18.4. The first kappa shape index (κ1) is 21.7. The highest BCUT2D eigenvalue weighted by Crippen LogP contribution is 2.30. The van der Waals surface area contributed by atoms with E-state index in [0.29, 0.717) is 30.6 Å². The molecule has 1 aliphatic carbocycles. The van der Waals surface area contributed by atoms with Gasteiger partial charge in [-0.2, -0.15) is 4.98 Å². The highest BCUT2D eigenvalue weighted by Gasteiger charge is 2.29. The highest BCUT2D eigenvalue weighted by atomic mass is 16.5. The van der Waals surface area contributed by atoms with E-state index in [0.717, 1.165) is 29.7 Å². The Hall–Kier alpha value is -3.48. The van der Waals surface area contributed by atoms with Crippen molar-refractivity contribution in [2.45, 2.75) is 52.0 Å². The van der Waals surface area contributed by atoms with Crippen molar-refractivity contribution in [3.8, 4) is 11.4 Å². The van der Waals surface area contributed by atoms with E-state index in [1.54, 1.807) is 0 Å². The van der Waals surface area contributed by atoms with Crippen LogP contribution < -0.4 is 10.6 Å². The summed E-state index contributed by atoms with van der Waals surface area (Å²) in [7, 11) is 0. The number of amides is 2. The van der Waals surface area contributed by atoms with Crippen LogP contribution in [0.25, 0.3) is 11.4 Å². The predicted octanol–water partition coefficient (Wildman–Crippen LogP) is 4.46. The van der Waals surface area contributed by atoms with Crippen LogP contribution in [0, 0.1) is 5.92 Å². The molecule has 166 valence electrons. The second-order valence-corrected chi connectivity index (χ2v) is 8.53. The second kappa shape index (κ2) is 9.77. The number of aryl methyl sites for hydroxylation is 1. The Morgan fingerprint density at radius 1 is 1.06 bits per heavy atom. The monoisotopic (exact) mass is 432 g/mol. The first-order chi connectivity index (χ1) is 15.5. The summed E-state index contributed by atoms with van der Waals surface area (Å²) in [6.07, 6.45) is 2.61. The summed E-state index contributed by atoms with van der Waals surface area (Å²) in [6.45, 7) is 4.72. The van der Waals surface area contributed by atoms with E-state index < -0.39 is 0 Å². The maximum Gasteiger partial charge on any atom is 0.227 e. The number of nitrogens with zero attached hydrogens (tertiary/aromatic N) is 2. The molecule has 2 aromatic carbocycles. The van der Waals surface area contributed by atoms with E-state index in [1.807, 2.05) is 36.4 Å². The standard InChI is InChI=1S/C25H28N4O3/c1-16(2)18-5-7-19(8-6-18)24-28-23(32-29-24)14-13-22(30)26-15-17-3-11-21(12-4-17)27-25(31)20-9-10-20/h3-8,11-12,16,20H,9-10,13-15H2,1-2H3,(H,26,30)(H,27,31). The van der Waals surface area contributed by atoms with Crippen molar-refractivity contribution >= 4 is 17.5 Å². The minimum atomic E-state index is -0.0860. The predicted molar refractivity (Wildman–Crippen MR) is 122 cm³/mol. The van der Waals surface area contributed by atoms with Crippen LogP contribution in [0.3, 0.4) is 0 Å². The molecule has 0 bridgehead atoms. The van der Waals surface area contributed by atoms with Gasteiger partial charge in [-0.15, -0.1) is 0 Å². The van der Waals surface area contributed by atoms with E-state index in [4.69, 9.17) is 4.52 Å². The van der Waals surface area contributed by atoms with Gasteiger partial charge in [-0.3, -0.25) is 9.59 Å². The Kier molecular flexibility index (Phi) is 6.63. The van der Waals surface area contributed by atoms with Crippen molar-refractivity contribution < 1.29 is 14.1 Å². The van der Waals surface area contributed by atoms with Crippen molar-refractivity contribution in [2.75, 3.05) is 5.32 Å². The van der Waals surface area contributed by atoms with Gasteiger partial charge in [0.05, 0.1) is 0 Å². The van der Waals surface area contributed by atoms with E-state index in [9.17, 15) is 9.59 Å². The molecule has 0 atom stereocenters. The lowest BCUT2D eigenvalue weighted by Gasteiger charge is -2.07. The van der Waals surface area contributed by atoms with Gasteiger partial charge in [0.15, 0.2) is 0 Å². The summed E-state index contributed by atoms with van der Waals surface area (Å²) in [5.41, 5.74) is 3.90. The minimum Gasteiger partial charge on any atom is -0.352 e. The number of benzene rings is 2. The zero-order valence-corrected chi connectivity index (χ0v) is 18.4. The molecule has 3 aromatic rings. The summed E-state index contributed by atoms with van der Waals surface area (Å²) >= 11 is 0. The molecule has 1 heterocycles. The van der Waals surface area contributed by atoms with Gasteiger partial charge in [0.1, 0.15) is 0 Å². The lowest BCUT2D eigenvalue weighted by atomic mass is 10.0. The summed E-state index contributed by atoms with van der Waals surface area (Å²) in [5, 5.41) is 9.83. The fourth-order valence-corrected chi connectivity index (χ4v) is 3.30. The average Bonchev–Trinajstić information content (AvgIpc) is 3.55. The Labute approximate surface area is 187 Å². The van der Waals surface area contributed by atoms with Gasteiger partial charge in [0, 0.05) is 36.6 Å². The first-order valence-corrected chi connectivity index (χ1v) is 11.1. The molecule has 0 saturated heterocycles. The van der Waals surface area contributed by atoms with E-state index in [1.165, 1.54) is 5.56 Å². The van der Waals surface area contributed by atoms with E-state index in [2.05, 4.69) is 46.8 Å². The van der Waals surface area contributed by atoms with Crippen LogP contribution in [-0.4, -0.2) is 22.0 Å². The van der Waals surface area contributed by atoms with Crippen molar-refractivity contribution in [1.29, 1.82) is 0 Å². The molecular formula is C25H28N4O3. The van der Waals surface area contributed by atoms with E-state index in [-0.39, 0.29) is 24.2 Å². The molecule has 0 spiro atoms. The van der Waals surface area contributed by atoms with Gasteiger partial charge in [0.25, 0.3) is 0 Å². The molecule has 7 nitrogen and oxygen atoms in total. The number of hydrogen-bond donors (Lipinski definition) is 2. The van der Waals surface area contributed by atoms with Crippen molar-refractivity contribution in [3.63, 3.8) is 0 Å². The van der Waals surface area contributed by atoms with Crippen molar-refractivity contribution in [1.82, 2.24) is 15.5 Å². The normalized spacial score (nSPS) is 13.2. The summed E-state index contributed by atoms with van der Waals surface area (Å²) in [4.78, 5) is 28.4. The molecule has 1 aromatic heterocycles. The number of nitrogens with one attached hydrogen (secondary N) is 2. The summed E-state index contributed by atoms with van der Waals surface area (Å²) in [6, 6.07) is 15.6. The van der Waals surface area contributed by atoms with Crippen LogP contribution >= 0.6 is 0 Å². The van der Waals surface area contributed by atoms with Gasteiger partial charge >= 0.3 is 0 Å². The first-order valence-electron chi connectivity index (χ1n) is 11.1. The minimum absolute atomic E-state index is 0.0859. The number of rotatable bonds is 9. The number of carbonyl (C=O) groups is 2. The fourth-order valence-electron chi connectivity index (χ4n) is 3.30. The number of aromatic nitrogens is 2. The number of carbonyl (C=O) groups excluding carboxylic acids is 2. The maximum atomic E-state index is 12.2. The van der Waals surface area contributed by atoms with Crippen LogP contribution in [0.15, 0.2) is 53.1 Å². The van der Waals surface area contributed by atoms with Gasteiger partial charge in [-0.05, 0) is 42.0 Å². The number of hydrogen-bond acceptors (Lipinski definition) is 5. The molecule has 0 aliphatic heterocycles. The molecule has 2 N–H and O–H groups in total. The topological polar surface area (TPSA) is 97.1 Å². The van der Waals surface area contributed by atoms with Gasteiger partial charge in [0.2, 0.25) is 23.5 Å². The molecule has 0 radical (unpaired) electrons. The summed E-state index contributed by atoms with van der Waals surface area (Å²) < 4.78 is 5.30. The Bertz CT molecular complexity index is 1070. The molecule has 1 aliphatic rings. The van der Waals surface area contributed by atoms with Crippen LogP contribution in [0.5, 0.6) is 0 Å². The molecular weight excluding hydrogens is 404 g/mol. The fraction of sp³-hybridized carbons (Fsp3) is 0.360. The van der Waals surface area contributed by atoms with Gasteiger partial charge in [-0.25, -0.2) is 0 Å². The van der Waals surface area contributed by atoms with Crippen molar-refractivity contribution in [2.24, 2.45) is 5.92 Å². The van der Waals surface area contributed by atoms with Crippen LogP contribution in [0.2, 0.25) is 0 Å². The van der Waals surface area contributed by atoms with E-state index >= 15 is 0 Å². The SMILES string of the molecule is CC(C)c1ccc(-c2noc(CCC(=O)NCc3ccc(NC(=O)C4CC4)cc3)n2)cc1. The third-order valence-electron chi connectivity index (χ3n) is 5.53. The quantitative estimate of drug-likeness (QED) is 0.520. The third kappa shape index (κ3) is 5.81. The molecule has 7 heteroatoms. The summed E-state index contributed by atoms with van der Waals surface area (Å²) in [5.74, 6) is 1.62. The third-order valence-corrected chi connectivity index (χ3v) is 5.53. The zero-order chi connectivity index (χ0) is 22.5. The second-order valence-electron chi connectivity index (χ2n) is 8.53. The molecule has 4 rings (SSSR count). The number of anilines is 1. The molecule has 1 fully saturated rings. The van der Waals surface area contributed by atoms with Crippen molar-refractivity contribution in [3.05, 3.63) is 65.5 Å². The smallest absolute Gasteiger partial charge is 0.227 e. The maximum absolute atomic E-state index is 12.2.